The quantitative estimate of drug-likeness (QED) is 0.555. The van der Waals surface area contributed by atoms with Gasteiger partial charge in [0.05, 0.1) is 12.3 Å². The molecule has 2 rings (SSSR count). The van der Waals surface area contributed by atoms with Gasteiger partial charge in [0.15, 0.2) is 0 Å². The summed E-state index contributed by atoms with van der Waals surface area (Å²) in [5.74, 6) is 0.621. The third kappa shape index (κ3) is 4.06. The molecule has 0 spiro atoms. The van der Waals surface area contributed by atoms with Crippen LogP contribution >= 0.6 is 22.6 Å². The monoisotopic (exact) mass is 399 g/mol. The fourth-order valence-electron chi connectivity index (χ4n) is 1.98. The Morgan fingerprint density at radius 2 is 2.19 bits per heavy atom. The number of carbonyl (C=O) groups is 1. The zero-order valence-corrected chi connectivity index (χ0v) is 14.5. The lowest BCUT2D eigenvalue weighted by atomic mass is 10.1. The number of aromatic nitrogens is 1. The molecule has 4 nitrogen and oxygen atoms in total. The number of hydrogen-bond donors (Lipinski definition) is 0. The Morgan fingerprint density at radius 3 is 2.81 bits per heavy atom. The lowest BCUT2D eigenvalue weighted by molar-refractivity contribution is 0.0489. The van der Waals surface area contributed by atoms with Crippen LogP contribution in [0.15, 0.2) is 28.7 Å². The average molecular weight is 399 g/mol. The number of carbonyl (C=O) groups excluding carboxylic acids is 1. The van der Waals surface area contributed by atoms with Gasteiger partial charge in [-0.2, -0.15) is 0 Å². The van der Waals surface area contributed by atoms with Crippen LogP contribution in [0.4, 0.5) is 0 Å². The zero-order chi connectivity index (χ0) is 15.4. The van der Waals surface area contributed by atoms with Crippen LogP contribution in [-0.4, -0.2) is 17.6 Å². The van der Waals surface area contributed by atoms with Gasteiger partial charge in [-0.15, -0.1) is 0 Å². The summed E-state index contributed by atoms with van der Waals surface area (Å²) in [4.78, 5) is 16.5. The van der Waals surface area contributed by atoms with Crippen LogP contribution in [0, 0.1) is 9.49 Å². The van der Waals surface area contributed by atoms with Crippen molar-refractivity contribution in [2.45, 2.75) is 27.2 Å². The van der Waals surface area contributed by atoms with Gasteiger partial charge in [0.2, 0.25) is 11.7 Å². The van der Waals surface area contributed by atoms with Crippen LogP contribution in [0.5, 0.6) is 0 Å². The summed E-state index contributed by atoms with van der Waals surface area (Å²) >= 11 is 2.23. The van der Waals surface area contributed by atoms with Gasteiger partial charge in [0.25, 0.3) is 0 Å². The lowest BCUT2D eigenvalue weighted by Gasteiger charge is -2.02. The van der Waals surface area contributed by atoms with Crippen molar-refractivity contribution >= 4 is 28.6 Å². The molecule has 0 amide bonds. The standard InChI is InChI=1S/C16H18INO3/c1-4-20-16(19)14-13(8-10(2)3)18-15(21-14)11-6-5-7-12(17)9-11/h5-7,9-10H,4,8H2,1-3H3. The maximum Gasteiger partial charge on any atom is 0.376 e. The van der Waals surface area contributed by atoms with Gasteiger partial charge in [-0.05, 0) is 60.1 Å². The van der Waals surface area contributed by atoms with Gasteiger partial charge in [-0.3, -0.25) is 0 Å². The number of halogens is 1. The molecule has 0 aliphatic rings. The number of esters is 1. The molecule has 0 fully saturated rings. The lowest BCUT2D eigenvalue weighted by Crippen LogP contribution is -2.08. The van der Waals surface area contributed by atoms with Crippen LogP contribution in [0.2, 0.25) is 0 Å². The molecule has 0 saturated heterocycles. The third-order valence-electron chi connectivity index (χ3n) is 2.83. The first-order chi connectivity index (χ1) is 10.0. The van der Waals surface area contributed by atoms with Crippen molar-refractivity contribution < 1.29 is 13.9 Å². The molecule has 0 aliphatic heterocycles. The molecule has 1 aromatic carbocycles. The summed E-state index contributed by atoms with van der Waals surface area (Å²) in [5, 5.41) is 0. The van der Waals surface area contributed by atoms with Crippen molar-refractivity contribution in [2.24, 2.45) is 5.92 Å². The van der Waals surface area contributed by atoms with Gasteiger partial charge >= 0.3 is 5.97 Å². The Labute approximate surface area is 138 Å². The van der Waals surface area contributed by atoms with E-state index in [4.69, 9.17) is 9.15 Å². The summed E-state index contributed by atoms with van der Waals surface area (Å²) in [6.45, 7) is 6.25. The Bertz CT molecular complexity index is 634. The van der Waals surface area contributed by atoms with E-state index in [2.05, 4.69) is 41.4 Å². The van der Waals surface area contributed by atoms with E-state index in [1.807, 2.05) is 24.3 Å². The molecule has 0 bridgehead atoms. The van der Waals surface area contributed by atoms with E-state index in [1.165, 1.54) is 0 Å². The minimum Gasteiger partial charge on any atom is -0.460 e. The summed E-state index contributed by atoms with van der Waals surface area (Å²) in [7, 11) is 0. The number of rotatable bonds is 5. The number of ether oxygens (including phenoxy) is 1. The predicted molar refractivity (Wildman–Crippen MR) is 89.2 cm³/mol. The maximum atomic E-state index is 12.0. The fourth-order valence-corrected chi connectivity index (χ4v) is 2.52. The zero-order valence-electron chi connectivity index (χ0n) is 12.4. The highest BCUT2D eigenvalue weighted by Crippen LogP contribution is 2.25. The molecule has 0 saturated carbocycles. The maximum absolute atomic E-state index is 12.0. The summed E-state index contributed by atoms with van der Waals surface area (Å²) in [6.07, 6.45) is 0.682. The second-order valence-electron chi connectivity index (χ2n) is 5.12. The molecule has 0 unspecified atom stereocenters. The molecule has 5 heteroatoms. The summed E-state index contributed by atoms with van der Waals surface area (Å²) in [5.41, 5.74) is 1.53. The number of benzene rings is 1. The Balaban J connectivity index is 2.42. The van der Waals surface area contributed by atoms with Crippen molar-refractivity contribution in [2.75, 3.05) is 6.61 Å². The van der Waals surface area contributed by atoms with E-state index in [9.17, 15) is 4.79 Å². The molecule has 0 atom stereocenters. The molecule has 112 valence electrons. The molecule has 0 N–H and O–H groups in total. The highest BCUT2D eigenvalue weighted by molar-refractivity contribution is 14.1. The first-order valence-electron chi connectivity index (χ1n) is 6.94. The molecule has 1 heterocycles. The van der Waals surface area contributed by atoms with E-state index < -0.39 is 5.97 Å². The Morgan fingerprint density at radius 1 is 1.43 bits per heavy atom. The minimum atomic E-state index is -0.447. The van der Waals surface area contributed by atoms with Gasteiger partial charge in [0, 0.05) is 9.13 Å². The number of oxazole rings is 1. The van der Waals surface area contributed by atoms with E-state index in [1.54, 1.807) is 6.92 Å². The van der Waals surface area contributed by atoms with Crippen molar-refractivity contribution in [1.82, 2.24) is 4.98 Å². The molecule has 2 aromatic rings. The number of hydrogen-bond acceptors (Lipinski definition) is 4. The Hall–Kier alpha value is -1.37. The van der Waals surface area contributed by atoms with Crippen LogP contribution in [0.1, 0.15) is 37.0 Å². The normalized spacial score (nSPS) is 10.9. The van der Waals surface area contributed by atoms with Gasteiger partial charge in [-0.1, -0.05) is 19.9 Å². The smallest absolute Gasteiger partial charge is 0.376 e. The van der Waals surface area contributed by atoms with Crippen molar-refractivity contribution in [1.29, 1.82) is 0 Å². The van der Waals surface area contributed by atoms with E-state index >= 15 is 0 Å². The Kier molecular flexibility index (Phi) is 5.39. The first-order valence-corrected chi connectivity index (χ1v) is 8.02. The molecular weight excluding hydrogens is 381 g/mol. The minimum absolute atomic E-state index is 0.222. The molecule has 0 aliphatic carbocycles. The van der Waals surface area contributed by atoms with E-state index in [0.29, 0.717) is 30.5 Å². The first kappa shape index (κ1) is 16.0. The van der Waals surface area contributed by atoms with Crippen molar-refractivity contribution in [3.8, 4) is 11.5 Å². The molecule has 0 radical (unpaired) electrons. The van der Waals surface area contributed by atoms with Crippen LogP contribution < -0.4 is 0 Å². The summed E-state index contributed by atoms with van der Waals surface area (Å²) in [6, 6.07) is 7.82. The van der Waals surface area contributed by atoms with E-state index in [-0.39, 0.29) is 5.76 Å². The van der Waals surface area contributed by atoms with Gasteiger partial charge in [0.1, 0.15) is 0 Å². The predicted octanol–water partition coefficient (Wildman–Crippen LogP) is 4.32. The second-order valence-corrected chi connectivity index (χ2v) is 6.37. The van der Waals surface area contributed by atoms with E-state index in [0.717, 1.165) is 9.13 Å². The van der Waals surface area contributed by atoms with Gasteiger partial charge in [-0.25, -0.2) is 9.78 Å². The van der Waals surface area contributed by atoms with Crippen LogP contribution in [-0.2, 0) is 11.2 Å². The molecule has 21 heavy (non-hydrogen) atoms. The molecular formula is C16H18INO3. The highest BCUT2D eigenvalue weighted by atomic mass is 127. The summed E-state index contributed by atoms with van der Waals surface area (Å²) < 4.78 is 11.8. The molecule has 1 aromatic heterocycles. The topological polar surface area (TPSA) is 52.3 Å². The van der Waals surface area contributed by atoms with Crippen molar-refractivity contribution in [3.63, 3.8) is 0 Å². The number of nitrogens with zero attached hydrogens (tertiary/aromatic N) is 1. The SMILES string of the molecule is CCOC(=O)c1oc(-c2cccc(I)c2)nc1CC(C)C. The average Bonchev–Trinajstić information content (AvgIpc) is 2.82. The van der Waals surface area contributed by atoms with Gasteiger partial charge < -0.3 is 9.15 Å². The largest absolute Gasteiger partial charge is 0.460 e. The van der Waals surface area contributed by atoms with Crippen molar-refractivity contribution in [3.05, 3.63) is 39.3 Å². The third-order valence-corrected chi connectivity index (χ3v) is 3.50. The van der Waals surface area contributed by atoms with Crippen LogP contribution in [0.25, 0.3) is 11.5 Å². The fraction of sp³-hybridized carbons (Fsp3) is 0.375. The highest BCUT2D eigenvalue weighted by Gasteiger charge is 2.22. The second kappa shape index (κ2) is 7.06. The van der Waals surface area contributed by atoms with Crippen LogP contribution in [0.3, 0.4) is 0 Å².